The van der Waals surface area contributed by atoms with Crippen molar-refractivity contribution in [3.63, 3.8) is 0 Å². The first kappa shape index (κ1) is 34.1. The number of benzene rings is 3. The number of anilines is 4. The maximum Gasteiger partial charge on any atom is 0.329 e. The molecule has 4 amide bonds. The fourth-order valence-electron chi connectivity index (χ4n) is 4.39. The molecule has 0 aliphatic rings. The monoisotopic (exact) mass is 620 g/mol. The number of carbonyl (C=O) groups excluding carboxylic acids is 4. The molecule has 0 aliphatic carbocycles. The highest BCUT2D eigenvalue weighted by atomic mass is 16.5. The van der Waals surface area contributed by atoms with Crippen LogP contribution in [0, 0.1) is 6.92 Å². The zero-order valence-electron chi connectivity index (χ0n) is 25.4. The van der Waals surface area contributed by atoms with E-state index in [9.17, 15) is 24.0 Å². The van der Waals surface area contributed by atoms with Gasteiger partial charge >= 0.3 is 18.0 Å². The predicted octanol–water partition coefficient (Wildman–Crippen LogP) is 4.54. The van der Waals surface area contributed by atoms with E-state index in [2.05, 4.69) is 16.0 Å². The highest BCUT2D eigenvalue weighted by Crippen LogP contribution is 2.34. The summed E-state index contributed by atoms with van der Waals surface area (Å²) in [6.07, 6.45) is -0.183. The van der Waals surface area contributed by atoms with Crippen molar-refractivity contribution in [2.24, 2.45) is 0 Å². The quantitative estimate of drug-likeness (QED) is 0.189. The van der Waals surface area contributed by atoms with Gasteiger partial charge in [-0.3, -0.25) is 19.3 Å². The van der Waals surface area contributed by atoms with Crippen LogP contribution in [0.1, 0.15) is 37.4 Å². The molecule has 4 N–H and O–H groups in total. The smallest absolute Gasteiger partial charge is 0.329 e. The Hall–Kier alpha value is -5.43. The van der Waals surface area contributed by atoms with Crippen LogP contribution in [0.25, 0.3) is 0 Å². The van der Waals surface area contributed by atoms with E-state index in [1.165, 1.54) is 18.9 Å². The number of aliphatic carboxylic acids is 1. The van der Waals surface area contributed by atoms with E-state index in [1.807, 2.05) is 25.1 Å². The van der Waals surface area contributed by atoms with E-state index in [-0.39, 0.29) is 18.9 Å². The molecule has 3 rings (SSSR count). The van der Waals surface area contributed by atoms with Crippen molar-refractivity contribution in [1.29, 1.82) is 0 Å². The van der Waals surface area contributed by atoms with Gasteiger partial charge in [-0.2, -0.15) is 0 Å². The molecule has 0 radical (unpaired) electrons. The van der Waals surface area contributed by atoms with Gasteiger partial charge in [0.1, 0.15) is 19.0 Å². The van der Waals surface area contributed by atoms with Gasteiger partial charge in [-0.25, -0.2) is 9.59 Å². The molecule has 0 spiro atoms. The normalized spacial score (nSPS) is 11.1. The third kappa shape index (κ3) is 10.1. The summed E-state index contributed by atoms with van der Waals surface area (Å²) in [5.41, 5.74) is 3.43. The fourth-order valence-corrected chi connectivity index (χ4v) is 4.39. The van der Waals surface area contributed by atoms with Crippen LogP contribution in [-0.4, -0.2) is 61.8 Å². The van der Waals surface area contributed by atoms with Gasteiger partial charge in [0.25, 0.3) is 0 Å². The molecular formula is C32H36N4O9. The van der Waals surface area contributed by atoms with Gasteiger partial charge in [0, 0.05) is 24.4 Å². The second-order valence-electron chi connectivity index (χ2n) is 9.74. The largest absolute Gasteiger partial charge is 0.494 e. The second kappa shape index (κ2) is 16.4. The number of carboxylic acids is 1. The van der Waals surface area contributed by atoms with Crippen molar-refractivity contribution < 1.29 is 43.3 Å². The first-order valence-corrected chi connectivity index (χ1v) is 14.0. The van der Waals surface area contributed by atoms with E-state index in [0.717, 1.165) is 5.56 Å². The van der Waals surface area contributed by atoms with Gasteiger partial charge in [0.2, 0.25) is 11.8 Å². The Morgan fingerprint density at radius 1 is 0.889 bits per heavy atom. The molecule has 13 nitrogen and oxygen atoms in total. The fraction of sp³-hybridized carbons (Fsp3) is 0.281. The van der Waals surface area contributed by atoms with Crippen LogP contribution in [0.5, 0.6) is 5.75 Å². The highest BCUT2D eigenvalue weighted by Gasteiger charge is 2.22. The first-order valence-electron chi connectivity index (χ1n) is 14.0. The Morgan fingerprint density at radius 3 is 2.18 bits per heavy atom. The number of hydrogen-bond acceptors (Lipinski definition) is 8. The standard InChI is InChI=1S/C32H36N4O9/c1-5-45-31(41)17-27(33-29(38)18-44-19-30(39)40)22-10-12-23(13-11-22)36(21(3)37)24-14-15-26(28(16-24)43-4)35-32(42)34-25-9-7-6-8-20(25)2/h6-16,27H,5,17-19H2,1-4H3,(H,33,38)(H,39,40)(H2,34,35,42). The number of esters is 1. The van der Waals surface area contributed by atoms with Gasteiger partial charge in [-0.1, -0.05) is 30.3 Å². The summed E-state index contributed by atoms with van der Waals surface area (Å²) in [6, 6.07) is 17.6. The van der Waals surface area contributed by atoms with E-state index in [1.54, 1.807) is 55.5 Å². The molecule has 0 aliphatic heterocycles. The average molecular weight is 621 g/mol. The van der Waals surface area contributed by atoms with Crippen LogP contribution in [0.3, 0.4) is 0 Å². The van der Waals surface area contributed by atoms with Crippen molar-refractivity contribution in [2.75, 3.05) is 42.5 Å². The number of nitrogens with zero attached hydrogens (tertiary/aromatic N) is 1. The Morgan fingerprint density at radius 2 is 1.56 bits per heavy atom. The molecule has 13 heteroatoms. The molecule has 0 aromatic heterocycles. The lowest BCUT2D eigenvalue weighted by atomic mass is 10.0. The number of urea groups is 1. The average Bonchev–Trinajstić information content (AvgIpc) is 2.99. The van der Waals surface area contributed by atoms with E-state index in [0.29, 0.717) is 34.1 Å². The number of methoxy groups -OCH3 is 1. The van der Waals surface area contributed by atoms with E-state index in [4.69, 9.17) is 19.3 Å². The lowest BCUT2D eigenvalue weighted by Crippen LogP contribution is -2.34. The number of carboxylic acid groups (broad SMARTS) is 1. The summed E-state index contributed by atoms with van der Waals surface area (Å²) >= 11 is 0. The maximum absolute atomic E-state index is 12.8. The molecule has 0 saturated heterocycles. The molecule has 45 heavy (non-hydrogen) atoms. The third-order valence-electron chi connectivity index (χ3n) is 6.42. The number of carbonyl (C=O) groups is 5. The van der Waals surface area contributed by atoms with Crippen LogP contribution in [0.4, 0.5) is 27.5 Å². The van der Waals surface area contributed by atoms with Crippen molar-refractivity contribution in [2.45, 2.75) is 33.2 Å². The molecule has 0 fully saturated rings. The number of rotatable bonds is 14. The minimum absolute atomic E-state index is 0.156. The molecule has 3 aromatic carbocycles. The summed E-state index contributed by atoms with van der Waals surface area (Å²) in [5.74, 6) is -2.37. The molecule has 0 saturated carbocycles. The molecule has 1 unspecified atom stereocenters. The minimum Gasteiger partial charge on any atom is -0.494 e. The van der Waals surface area contributed by atoms with E-state index < -0.39 is 43.1 Å². The third-order valence-corrected chi connectivity index (χ3v) is 6.42. The van der Waals surface area contributed by atoms with Crippen molar-refractivity contribution in [1.82, 2.24) is 5.32 Å². The lowest BCUT2D eigenvalue weighted by Gasteiger charge is -2.24. The number of hydrogen-bond donors (Lipinski definition) is 4. The molecule has 0 heterocycles. The Kier molecular flexibility index (Phi) is 12.4. The zero-order chi connectivity index (χ0) is 32.9. The van der Waals surface area contributed by atoms with Gasteiger partial charge in [-0.15, -0.1) is 0 Å². The van der Waals surface area contributed by atoms with Gasteiger partial charge in [0.05, 0.1) is 37.6 Å². The molecule has 3 aromatic rings. The number of ether oxygens (including phenoxy) is 3. The van der Waals surface area contributed by atoms with Crippen LogP contribution in [0.15, 0.2) is 66.7 Å². The number of amides is 4. The van der Waals surface area contributed by atoms with Gasteiger partial charge in [0.15, 0.2) is 0 Å². The second-order valence-corrected chi connectivity index (χ2v) is 9.74. The summed E-state index contributed by atoms with van der Waals surface area (Å²) in [4.78, 5) is 62.2. The lowest BCUT2D eigenvalue weighted by molar-refractivity contribution is -0.144. The molecule has 0 bridgehead atoms. The maximum atomic E-state index is 12.8. The summed E-state index contributed by atoms with van der Waals surface area (Å²) < 4.78 is 15.4. The van der Waals surface area contributed by atoms with Crippen LogP contribution >= 0.6 is 0 Å². The van der Waals surface area contributed by atoms with Crippen molar-refractivity contribution in [3.8, 4) is 5.75 Å². The van der Waals surface area contributed by atoms with E-state index >= 15 is 0 Å². The van der Waals surface area contributed by atoms with Crippen molar-refractivity contribution in [3.05, 3.63) is 77.9 Å². The van der Waals surface area contributed by atoms with Gasteiger partial charge in [-0.05, 0) is 55.3 Å². The first-order chi connectivity index (χ1) is 21.5. The SMILES string of the molecule is CCOC(=O)CC(NC(=O)COCC(=O)O)c1ccc(N(C(C)=O)c2ccc(NC(=O)Nc3ccccc3C)c(OC)c2)cc1. The Bertz CT molecular complexity index is 1530. The molecular weight excluding hydrogens is 584 g/mol. The van der Waals surface area contributed by atoms with Crippen LogP contribution in [0.2, 0.25) is 0 Å². The number of nitrogens with one attached hydrogen (secondary N) is 3. The van der Waals surface area contributed by atoms with Gasteiger partial charge < -0.3 is 35.3 Å². The number of aryl methyl sites for hydroxylation is 1. The molecule has 1 atom stereocenters. The van der Waals surface area contributed by atoms with Crippen LogP contribution in [-0.2, 0) is 28.7 Å². The topological polar surface area (TPSA) is 173 Å². The Balaban J connectivity index is 1.81. The molecule has 238 valence electrons. The predicted molar refractivity (Wildman–Crippen MR) is 167 cm³/mol. The highest BCUT2D eigenvalue weighted by molar-refractivity contribution is 6.03. The zero-order valence-corrected chi connectivity index (χ0v) is 25.4. The minimum atomic E-state index is -1.22. The summed E-state index contributed by atoms with van der Waals surface area (Å²) in [7, 11) is 1.45. The van der Waals surface area contributed by atoms with Crippen LogP contribution < -0.4 is 25.6 Å². The summed E-state index contributed by atoms with van der Waals surface area (Å²) in [6.45, 7) is 3.93. The number of para-hydroxylation sites is 1. The van der Waals surface area contributed by atoms with Crippen molar-refractivity contribution >= 4 is 52.5 Å². The summed E-state index contributed by atoms with van der Waals surface area (Å²) in [5, 5.41) is 16.9. The Labute approximate surface area is 260 Å².